The molecule has 5 nitrogen and oxygen atoms in total. The van der Waals surface area contributed by atoms with Gasteiger partial charge in [-0.2, -0.15) is 0 Å². The molecule has 0 spiro atoms. The number of esters is 1. The average Bonchev–Trinajstić information content (AvgIpc) is 2.77. The van der Waals surface area contributed by atoms with Crippen molar-refractivity contribution < 1.29 is 14.3 Å². The molecule has 2 rings (SSSR count). The molecule has 0 radical (unpaired) electrons. The molecular formula is C14H18N2O3. The zero-order valence-corrected chi connectivity index (χ0v) is 11.2. The van der Waals surface area contributed by atoms with E-state index in [-0.39, 0.29) is 24.7 Å². The highest BCUT2D eigenvalue weighted by Crippen LogP contribution is 2.29. The van der Waals surface area contributed by atoms with Gasteiger partial charge in [0.2, 0.25) is 5.91 Å². The molecule has 1 aromatic rings. The summed E-state index contributed by atoms with van der Waals surface area (Å²) in [6.07, 6.45) is 1.25. The van der Waals surface area contributed by atoms with Gasteiger partial charge in [0.05, 0.1) is 13.5 Å². The first-order valence-corrected chi connectivity index (χ1v) is 6.31. The minimum Gasteiger partial charge on any atom is -0.469 e. The smallest absolute Gasteiger partial charge is 0.306 e. The number of carbonyl (C=O) groups excluding carboxylic acids is 2. The number of carbonyl (C=O) groups is 2. The molecule has 0 unspecified atom stereocenters. The molecule has 1 aliphatic rings. The third kappa shape index (κ3) is 3.24. The SMILES string of the molecule is COC(=O)CCC(=O)Nc1ccc2c(c1)CCN2C. The maximum absolute atomic E-state index is 11.7. The third-order valence-electron chi connectivity index (χ3n) is 3.27. The van der Waals surface area contributed by atoms with Crippen LogP contribution in [0.25, 0.3) is 0 Å². The molecule has 0 fully saturated rings. The van der Waals surface area contributed by atoms with E-state index in [2.05, 4.69) is 22.0 Å². The standard InChI is InChI=1S/C14H18N2O3/c1-16-8-7-10-9-11(3-4-12(10)16)15-13(17)5-6-14(18)19-2/h3-4,9H,5-8H2,1-2H3,(H,15,17). The molecule has 1 amide bonds. The number of nitrogens with one attached hydrogen (secondary N) is 1. The first-order chi connectivity index (χ1) is 9.10. The zero-order valence-electron chi connectivity index (χ0n) is 11.2. The second-order valence-electron chi connectivity index (χ2n) is 4.64. The number of fused-ring (bicyclic) bond motifs is 1. The molecule has 0 atom stereocenters. The van der Waals surface area contributed by atoms with Crippen LogP contribution >= 0.6 is 0 Å². The normalized spacial score (nSPS) is 13.1. The molecule has 1 heterocycles. The summed E-state index contributed by atoms with van der Waals surface area (Å²) >= 11 is 0. The Kier molecular flexibility index (Phi) is 4.04. The van der Waals surface area contributed by atoms with Crippen molar-refractivity contribution in [2.45, 2.75) is 19.3 Å². The Morgan fingerprint density at radius 2 is 2.16 bits per heavy atom. The molecule has 5 heteroatoms. The van der Waals surface area contributed by atoms with Crippen molar-refractivity contribution in [2.24, 2.45) is 0 Å². The summed E-state index contributed by atoms with van der Waals surface area (Å²) in [6, 6.07) is 5.89. The van der Waals surface area contributed by atoms with Gasteiger partial charge >= 0.3 is 5.97 Å². The van der Waals surface area contributed by atoms with Crippen LogP contribution in [0.3, 0.4) is 0 Å². The van der Waals surface area contributed by atoms with Gasteiger partial charge in [-0.1, -0.05) is 0 Å². The summed E-state index contributed by atoms with van der Waals surface area (Å²) < 4.78 is 4.50. The van der Waals surface area contributed by atoms with Crippen LogP contribution in [-0.4, -0.2) is 32.6 Å². The van der Waals surface area contributed by atoms with Gasteiger partial charge in [0.25, 0.3) is 0 Å². The molecule has 1 aromatic carbocycles. The van der Waals surface area contributed by atoms with Crippen LogP contribution in [-0.2, 0) is 20.7 Å². The Bertz CT molecular complexity index is 499. The molecule has 0 aromatic heterocycles. The van der Waals surface area contributed by atoms with E-state index in [1.165, 1.54) is 18.4 Å². The van der Waals surface area contributed by atoms with Crippen LogP contribution in [0.5, 0.6) is 0 Å². The minimum atomic E-state index is -0.370. The fourth-order valence-corrected chi connectivity index (χ4v) is 2.19. The minimum absolute atomic E-state index is 0.107. The maximum Gasteiger partial charge on any atom is 0.306 e. The summed E-state index contributed by atoms with van der Waals surface area (Å²) in [5.74, 6) is -0.539. The van der Waals surface area contributed by atoms with Gasteiger partial charge in [-0.25, -0.2) is 0 Å². The van der Waals surface area contributed by atoms with Crippen molar-refractivity contribution in [3.05, 3.63) is 23.8 Å². The molecule has 0 aliphatic carbocycles. The first-order valence-electron chi connectivity index (χ1n) is 6.31. The van der Waals surface area contributed by atoms with Gasteiger partial charge in [-0.05, 0) is 30.2 Å². The number of methoxy groups -OCH3 is 1. The molecule has 19 heavy (non-hydrogen) atoms. The van der Waals surface area contributed by atoms with E-state index in [1.807, 2.05) is 18.2 Å². The highest BCUT2D eigenvalue weighted by molar-refractivity contribution is 5.93. The van der Waals surface area contributed by atoms with Crippen molar-refractivity contribution in [2.75, 3.05) is 30.9 Å². The van der Waals surface area contributed by atoms with E-state index >= 15 is 0 Å². The lowest BCUT2D eigenvalue weighted by Gasteiger charge is -2.12. The summed E-state index contributed by atoms with van der Waals surface area (Å²) in [4.78, 5) is 24.8. The molecule has 0 saturated heterocycles. The highest BCUT2D eigenvalue weighted by atomic mass is 16.5. The van der Waals surface area contributed by atoms with Crippen LogP contribution in [0.1, 0.15) is 18.4 Å². The number of nitrogens with zero attached hydrogens (tertiary/aromatic N) is 1. The zero-order chi connectivity index (χ0) is 13.8. The van der Waals surface area contributed by atoms with Gasteiger partial charge in [-0.3, -0.25) is 9.59 Å². The Balaban J connectivity index is 1.93. The van der Waals surface area contributed by atoms with Crippen LogP contribution in [0.4, 0.5) is 11.4 Å². The summed E-state index contributed by atoms with van der Waals surface area (Å²) in [5, 5.41) is 2.80. The van der Waals surface area contributed by atoms with Gasteiger partial charge < -0.3 is 15.0 Å². The number of amides is 1. The quantitative estimate of drug-likeness (QED) is 0.837. The van der Waals surface area contributed by atoms with Crippen LogP contribution in [0, 0.1) is 0 Å². The van der Waals surface area contributed by atoms with Crippen LogP contribution in [0.15, 0.2) is 18.2 Å². The van der Waals surface area contributed by atoms with Gasteiger partial charge in [-0.15, -0.1) is 0 Å². The first kappa shape index (κ1) is 13.4. The maximum atomic E-state index is 11.7. The topological polar surface area (TPSA) is 58.6 Å². The van der Waals surface area contributed by atoms with E-state index in [0.717, 1.165) is 18.7 Å². The number of rotatable bonds is 4. The van der Waals surface area contributed by atoms with Crippen molar-refractivity contribution in [3.8, 4) is 0 Å². The molecular weight excluding hydrogens is 244 g/mol. The Morgan fingerprint density at radius 1 is 1.37 bits per heavy atom. The number of hydrogen-bond donors (Lipinski definition) is 1. The Morgan fingerprint density at radius 3 is 2.89 bits per heavy atom. The fraction of sp³-hybridized carbons (Fsp3) is 0.429. The Hall–Kier alpha value is -2.04. The lowest BCUT2D eigenvalue weighted by molar-refractivity contribution is -0.141. The number of hydrogen-bond acceptors (Lipinski definition) is 4. The lowest BCUT2D eigenvalue weighted by Crippen LogP contribution is -2.14. The van der Waals surface area contributed by atoms with Gasteiger partial charge in [0, 0.05) is 31.4 Å². The van der Waals surface area contributed by atoms with Crippen LogP contribution in [0.2, 0.25) is 0 Å². The molecule has 0 bridgehead atoms. The number of ether oxygens (including phenoxy) is 1. The molecule has 1 aliphatic heterocycles. The summed E-state index contributed by atoms with van der Waals surface area (Å²) in [6.45, 7) is 1.01. The van der Waals surface area contributed by atoms with Crippen molar-refractivity contribution in [1.82, 2.24) is 0 Å². The molecule has 1 N–H and O–H groups in total. The van der Waals surface area contributed by atoms with Gasteiger partial charge in [0.15, 0.2) is 0 Å². The van der Waals surface area contributed by atoms with E-state index in [1.54, 1.807) is 0 Å². The number of likely N-dealkylation sites (N-methyl/N-ethyl adjacent to an activating group) is 1. The second-order valence-corrected chi connectivity index (χ2v) is 4.64. The lowest BCUT2D eigenvalue weighted by atomic mass is 10.1. The van der Waals surface area contributed by atoms with E-state index in [0.29, 0.717) is 0 Å². The fourth-order valence-electron chi connectivity index (χ4n) is 2.19. The van der Waals surface area contributed by atoms with Gasteiger partial charge in [0.1, 0.15) is 0 Å². The van der Waals surface area contributed by atoms with E-state index in [4.69, 9.17) is 0 Å². The molecule has 0 saturated carbocycles. The highest BCUT2D eigenvalue weighted by Gasteiger charge is 2.16. The number of anilines is 2. The summed E-state index contributed by atoms with van der Waals surface area (Å²) in [7, 11) is 3.37. The van der Waals surface area contributed by atoms with Crippen molar-refractivity contribution in [3.63, 3.8) is 0 Å². The van der Waals surface area contributed by atoms with Crippen molar-refractivity contribution in [1.29, 1.82) is 0 Å². The monoisotopic (exact) mass is 262 g/mol. The predicted molar refractivity (Wildman–Crippen MR) is 73.3 cm³/mol. The van der Waals surface area contributed by atoms with Crippen molar-refractivity contribution >= 4 is 23.3 Å². The van der Waals surface area contributed by atoms with Crippen LogP contribution < -0.4 is 10.2 Å². The largest absolute Gasteiger partial charge is 0.469 e. The third-order valence-corrected chi connectivity index (χ3v) is 3.27. The summed E-state index contributed by atoms with van der Waals surface area (Å²) in [5.41, 5.74) is 3.24. The average molecular weight is 262 g/mol. The predicted octanol–water partition coefficient (Wildman–Crippen LogP) is 1.57. The molecule has 102 valence electrons. The van der Waals surface area contributed by atoms with E-state index in [9.17, 15) is 9.59 Å². The number of benzene rings is 1. The van der Waals surface area contributed by atoms with E-state index < -0.39 is 0 Å². The Labute approximate surface area is 112 Å². The second kappa shape index (κ2) is 5.73.